The molecular weight excluding hydrogens is 587 g/mol. The average Bonchev–Trinajstić information content (AvgIpc) is 3.63. The monoisotopic (exact) mass is 619 g/mol. The van der Waals surface area contributed by atoms with Crippen LogP contribution in [0.15, 0.2) is 47.2 Å². The molecule has 15 heteroatoms. The Balaban J connectivity index is 1.35. The number of piperidine rings is 2. The van der Waals surface area contributed by atoms with Crippen LogP contribution in [0.2, 0.25) is 0 Å². The number of pyridine rings is 1. The molecule has 0 saturated carbocycles. The molecule has 0 unspecified atom stereocenters. The predicted octanol–water partition coefficient (Wildman–Crippen LogP) is 4.37. The number of rotatable bonds is 8. The first-order chi connectivity index (χ1) is 20.4. The summed E-state index contributed by atoms with van der Waals surface area (Å²) in [6, 6.07) is 8.50. The first-order valence-electron chi connectivity index (χ1n) is 14.1. The van der Waals surface area contributed by atoms with E-state index in [1.165, 1.54) is 6.26 Å². The highest BCUT2D eigenvalue weighted by molar-refractivity contribution is 7.92. The maximum atomic E-state index is 14.6. The van der Waals surface area contributed by atoms with Gasteiger partial charge in [0, 0.05) is 44.4 Å². The third-order valence-corrected chi connectivity index (χ3v) is 9.24. The Hall–Kier alpha value is -3.85. The maximum Gasteiger partial charge on any atom is 0.251 e. The van der Waals surface area contributed by atoms with E-state index in [-0.39, 0.29) is 25.9 Å². The maximum absolute atomic E-state index is 14.6. The second-order valence-electron chi connectivity index (χ2n) is 11.3. The lowest BCUT2D eigenvalue weighted by Gasteiger charge is -2.36. The molecule has 2 aliphatic rings. The van der Waals surface area contributed by atoms with Crippen molar-refractivity contribution in [2.45, 2.75) is 44.2 Å². The highest BCUT2D eigenvalue weighted by Gasteiger charge is 2.35. The Labute approximate surface area is 246 Å². The smallest absolute Gasteiger partial charge is 0.251 e. The van der Waals surface area contributed by atoms with Gasteiger partial charge in [-0.2, -0.15) is 0 Å². The van der Waals surface area contributed by atoms with Crippen LogP contribution >= 0.6 is 0 Å². The Bertz CT molecular complexity index is 1720. The number of hydrogen-bond acceptors (Lipinski definition) is 9. The highest BCUT2D eigenvalue weighted by Crippen LogP contribution is 2.37. The zero-order chi connectivity index (χ0) is 30.4. The minimum atomic E-state index is -3.77. The van der Waals surface area contributed by atoms with Crippen molar-refractivity contribution in [1.82, 2.24) is 20.0 Å². The molecule has 11 nitrogen and oxygen atoms in total. The Morgan fingerprint density at radius 2 is 1.70 bits per heavy atom. The zero-order valence-electron chi connectivity index (χ0n) is 23.5. The summed E-state index contributed by atoms with van der Waals surface area (Å²) in [5.74, 6) is -2.69. The Morgan fingerprint density at radius 1 is 0.977 bits per heavy atom. The molecule has 230 valence electrons. The van der Waals surface area contributed by atoms with Gasteiger partial charge in [0.1, 0.15) is 11.4 Å². The molecule has 5 heterocycles. The molecule has 4 aromatic rings. The summed E-state index contributed by atoms with van der Waals surface area (Å²) in [6.45, 7) is 2.14. The van der Waals surface area contributed by atoms with E-state index in [9.17, 15) is 21.6 Å². The van der Waals surface area contributed by atoms with Crippen molar-refractivity contribution in [2.75, 3.05) is 53.1 Å². The second kappa shape index (κ2) is 11.0. The third-order valence-electron chi connectivity index (χ3n) is 7.97. The minimum absolute atomic E-state index is 0.136. The van der Waals surface area contributed by atoms with Gasteiger partial charge in [-0.25, -0.2) is 31.3 Å². The molecule has 2 saturated heterocycles. The van der Waals surface area contributed by atoms with Crippen LogP contribution in [0.5, 0.6) is 0 Å². The van der Waals surface area contributed by atoms with E-state index in [4.69, 9.17) is 14.5 Å². The number of aliphatic hydroxyl groups excluding tert-OH is 1. The first kappa shape index (κ1) is 29.2. The standard InChI is InChI=1S/C28H32F3N7O4S/c1-27(29)5-9-36(10-6-27)24-17-20(34-43(40,41)15-13-39)2-3-23(24)38-18-22(33-35-38)21-16-19-4-14-42-25(19)26(32-21)37-11-7-28(30,31)8-12-37/h2-4,14,16-18,34,39H,5-13,15H2,1H3. The SMILES string of the molecule is CC1(F)CCN(c2cc(NS(=O)(=O)CCO)ccc2-n2cc(-c3cc4ccoc4c(N4CCC(F)(F)CC4)n3)nn2)CC1. The summed E-state index contributed by atoms with van der Waals surface area (Å²) in [5.41, 5.74) is 1.64. The van der Waals surface area contributed by atoms with Crippen LogP contribution < -0.4 is 14.5 Å². The van der Waals surface area contributed by atoms with Crippen molar-refractivity contribution in [1.29, 1.82) is 0 Å². The molecular formula is C28H32F3N7O4S. The van der Waals surface area contributed by atoms with Gasteiger partial charge >= 0.3 is 0 Å². The number of hydrogen-bond donors (Lipinski definition) is 2. The first-order valence-corrected chi connectivity index (χ1v) is 15.7. The summed E-state index contributed by atoms with van der Waals surface area (Å²) in [7, 11) is -3.77. The fraction of sp³-hybridized carbons (Fsp3) is 0.464. The number of nitrogens with zero attached hydrogens (tertiary/aromatic N) is 6. The summed E-state index contributed by atoms with van der Waals surface area (Å²) >= 11 is 0. The van der Waals surface area contributed by atoms with Crippen molar-refractivity contribution in [3.63, 3.8) is 0 Å². The molecule has 1 aromatic carbocycles. The number of halogens is 3. The van der Waals surface area contributed by atoms with Crippen LogP contribution in [0.3, 0.4) is 0 Å². The van der Waals surface area contributed by atoms with Crippen molar-refractivity contribution in [3.8, 4) is 17.1 Å². The van der Waals surface area contributed by atoms with E-state index < -0.39 is 34.0 Å². The number of aliphatic hydroxyl groups is 1. The molecule has 6 rings (SSSR count). The van der Waals surface area contributed by atoms with Crippen LogP contribution in [-0.2, 0) is 10.0 Å². The number of anilines is 3. The van der Waals surface area contributed by atoms with E-state index in [0.29, 0.717) is 65.8 Å². The predicted molar refractivity (Wildman–Crippen MR) is 156 cm³/mol. The molecule has 3 aromatic heterocycles. The minimum Gasteiger partial charge on any atom is -0.460 e. The Kier molecular flexibility index (Phi) is 7.49. The largest absolute Gasteiger partial charge is 0.460 e. The van der Waals surface area contributed by atoms with Gasteiger partial charge in [-0.15, -0.1) is 5.10 Å². The quantitative estimate of drug-likeness (QED) is 0.295. The van der Waals surface area contributed by atoms with Gasteiger partial charge in [-0.3, -0.25) is 4.72 Å². The zero-order valence-corrected chi connectivity index (χ0v) is 24.3. The summed E-state index contributed by atoms with van der Waals surface area (Å²) in [5, 5.41) is 18.5. The molecule has 2 fully saturated rings. The van der Waals surface area contributed by atoms with Gasteiger partial charge in [-0.05, 0) is 50.1 Å². The summed E-state index contributed by atoms with van der Waals surface area (Å²) in [6.07, 6.45) is 3.26. The van der Waals surface area contributed by atoms with Crippen LogP contribution in [-0.4, -0.2) is 83.6 Å². The van der Waals surface area contributed by atoms with Gasteiger partial charge in [0.05, 0.1) is 47.6 Å². The van der Waals surface area contributed by atoms with Crippen molar-refractivity contribution >= 4 is 38.2 Å². The van der Waals surface area contributed by atoms with Crippen LogP contribution in [0, 0.1) is 0 Å². The average molecular weight is 620 g/mol. The van der Waals surface area contributed by atoms with Gasteiger partial charge in [0.25, 0.3) is 5.92 Å². The fourth-order valence-electron chi connectivity index (χ4n) is 5.45. The van der Waals surface area contributed by atoms with Crippen LogP contribution in [0.4, 0.5) is 30.4 Å². The van der Waals surface area contributed by atoms with E-state index in [1.54, 1.807) is 53.0 Å². The number of fused-ring (bicyclic) bond motifs is 1. The second-order valence-corrected chi connectivity index (χ2v) is 13.2. The molecule has 0 amide bonds. The Morgan fingerprint density at radius 3 is 2.42 bits per heavy atom. The number of sulfonamides is 1. The summed E-state index contributed by atoms with van der Waals surface area (Å²) < 4.78 is 76.6. The lowest BCUT2D eigenvalue weighted by molar-refractivity contribution is -0.0221. The lowest BCUT2D eigenvalue weighted by Crippen LogP contribution is -2.40. The molecule has 0 radical (unpaired) electrons. The van der Waals surface area contributed by atoms with Gasteiger partial charge in [0.2, 0.25) is 10.0 Å². The third kappa shape index (κ3) is 6.27. The van der Waals surface area contributed by atoms with Gasteiger partial charge in [-0.1, -0.05) is 5.21 Å². The van der Waals surface area contributed by atoms with Crippen molar-refractivity contribution < 1.29 is 31.1 Å². The molecule has 0 bridgehead atoms. The van der Waals surface area contributed by atoms with E-state index in [2.05, 4.69) is 15.0 Å². The number of benzene rings is 1. The van der Waals surface area contributed by atoms with Gasteiger partial charge in [0.15, 0.2) is 11.4 Å². The molecule has 43 heavy (non-hydrogen) atoms. The number of aromatic nitrogens is 4. The number of furan rings is 1. The molecule has 0 aliphatic carbocycles. The van der Waals surface area contributed by atoms with E-state index in [0.717, 1.165) is 5.39 Å². The molecule has 2 N–H and O–H groups in total. The number of alkyl halides is 3. The van der Waals surface area contributed by atoms with E-state index >= 15 is 0 Å². The fourth-order valence-corrected chi connectivity index (χ4v) is 6.28. The molecule has 0 spiro atoms. The van der Waals surface area contributed by atoms with Crippen LogP contribution in [0.1, 0.15) is 32.6 Å². The van der Waals surface area contributed by atoms with Crippen molar-refractivity contribution in [2.24, 2.45) is 0 Å². The van der Waals surface area contributed by atoms with E-state index in [1.807, 2.05) is 4.90 Å². The topological polar surface area (TPSA) is 130 Å². The van der Waals surface area contributed by atoms with Crippen molar-refractivity contribution in [3.05, 3.63) is 42.8 Å². The highest BCUT2D eigenvalue weighted by atomic mass is 32.2. The lowest BCUT2D eigenvalue weighted by atomic mass is 9.95. The number of nitrogens with one attached hydrogen (secondary N) is 1. The molecule has 0 atom stereocenters. The molecule has 2 aliphatic heterocycles. The normalized spacial score (nSPS) is 18.7. The summed E-state index contributed by atoms with van der Waals surface area (Å²) in [4.78, 5) is 8.51. The van der Waals surface area contributed by atoms with Crippen LogP contribution in [0.25, 0.3) is 28.0 Å². The van der Waals surface area contributed by atoms with Gasteiger partial charge < -0.3 is 19.3 Å².